The van der Waals surface area contributed by atoms with Crippen LogP contribution < -0.4 is 10.6 Å². The van der Waals surface area contributed by atoms with Crippen molar-refractivity contribution in [3.8, 4) is 0 Å². The molecule has 0 rings (SSSR count). The number of carbonyl (C=O) groups is 2. The van der Waals surface area contributed by atoms with Gasteiger partial charge in [0.2, 0.25) is 5.91 Å². The van der Waals surface area contributed by atoms with Gasteiger partial charge in [0.05, 0.1) is 6.54 Å². The van der Waals surface area contributed by atoms with E-state index >= 15 is 0 Å². The van der Waals surface area contributed by atoms with Gasteiger partial charge in [-0.25, -0.2) is 4.79 Å². The van der Waals surface area contributed by atoms with Crippen LogP contribution in [-0.2, 0) is 9.59 Å². The minimum Gasteiger partial charge on any atom is -0.480 e. The molecule has 0 spiro atoms. The summed E-state index contributed by atoms with van der Waals surface area (Å²) in [6, 6.07) is -0.524. The summed E-state index contributed by atoms with van der Waals surface area (Å²) in [4.78, 5) is 22.4. The Labute approximate surface area is 107 Å². The minimum atomic E-state index is -0.976. The molecule has 0 heterocycles. The fourth-order valence-electron chi connectivity index (χ4n) is 1.15. The first-order chi connectivity index (χ1) is 8.01. The maximum atomic E-state index is 11.5. The van der Waals surface area contributed by atoms with Gasteiger partial charge in [-0.3, -0.25) is 4.79 Å². The summed E-state index contributed by atoms with van der Waals surface area (Å²) in [5, 5.41) is 14.5. The van der Waals surface area contributed by atoms with Gasteiger partial charge in [-0.15, -0.1) is 0 Å². The predicted molar refractivity (Wildman–Crippen MR) is 70.3 cm³/mol. The lowest BCUT2D eigenvalue weighted by atomic mass is 10.2. The molecule has 0 bridgehead atoms. The Kier molecular flexibility index (Phi) is 8.89. The van der Waals surface area contributed by atoms with Crippen LogP contribution >= 0.6 is 11.8 Å². The number of nitrogens with one attached hydrogen (secondary N) is 2. The van der Waals surface area contributed by atoms with Crippen LogP contribution in [0.2, 0.25) is 0 Å². The lowest BCUT2D eigenvalue weighted by Crippen LogP contribution is -2.46. The molecule has 0 aromatic rings. The topological polar surface area (TPSA) is 78.4 Å². The molecule has 5 nitrogen and oxygen atoms in total. The molecule has 0 aromatic carbocycles. The van der Waals surface area contributed by atoms with Crippen molar-refractivity contribution in [3.05, 3.63) is 0 Å². The third kappa shape index (κ3) is 8.04. The van der Waals surface area contributed by atoms with Gasteiger partial charge in [0.1, 0.15) is 6.04 Å². The van der Waals surface area contributed by atoms with Crippen molar-refractivity contribution in [2.75, 3.05) is 18.6 Å². The number of thioether (sulfide) groups is 1. The van der Waals surface area contributed by atoms with Crippen LogP contribution in [0, 0.1) is 0 Å². The van der Waals surface area contributed by atoms with Gasteiger partial charge in [-0.2, -0.15) is 11.8 Å². The van der Waals surface area contributed by atoms with E-state index in [1.165, 1.54) is 0 Å². The van der Waals surface area contributed by atoms with Crippen molar-refractivity contribution >= 4 is 23.6 Å². The van der Waals surface area contributed by atoms with Crippen molar-refractivity contribution in [1.29, 1.82) is 0 Å². The number of amides is 1. The van der Waals surface area contributed by atoms with Crippen molar-refractivity contribution in [2.45, 2.75) is 38.8 Å². The van der Waals surface area contributed by atoms with Crippen molar-refractivity contribution < 1.29 is 14.7 Å². The summed E-state index contributed by atoms with van der Waals surface area (Å²) >= 11 is 1.57. The Morgan fingerprint density at radius 1 is 1.41 bits per heavy atom. The van der Waals surface area contributed by atoms with Gasteiger partial charge in [-0.05, 0) is 31.8 Å². The van der Waals surface area contributed by atoms with Crippen LogP contribution in [0.25, 0.3) is 0 Å². The van der Waals surface area contributed by atoms with Crippen LogP contribution in [0.3, 0.4) is 0 Å². The van der Waals surface area contributed by atoms with Crippen molar-refractivity contribution in [3.63, 3.8) is 0 Å². The molecule has 0 saturated carbocycles. The average molecular weight is 262 g/mol. The standard InChI is InChI=1S/C11H22N2O3S/c1-4-8(2)12-7-10(14)13-9(11(15)16)5-6-17-3/h8-9,12H,4-7H2,1-3H3,(H,13,14)(H,15,16)/t8?,9-/m0/s1. The number of hydrogen-bond acceptors (Lipinski definition) is 4. The fourth-order valence-corrected chi connectivity index (χ4v) is 1.62. The van der Waals surface area contributed by atoms with E-state index in [4.69, 9.17) is 5.11 Å². The minimum absolute atomic E-state index is 0.165. The summed E-state index contributed by atoms with van der Waals surface area (Å²) in [6.45, 7) is 4.17. The maximum Gasteiger partial charge on any atom is 0.326 e. The maximum absolute atomic E-state index is 11.5. The summed E-state index contributed by atoms with van der Waals surface area (Å²) < 4.78 is 0. The van der Waals surface area contributed by atoms with E-state index in [1.54, 1.807) is 11.8 Å². The molecular weight excluding hydrogens is 240 g/mol. The van der Waals surface area contributed by atoms with Gasteiger partial charge in [0, 0.05) is 6.04 Å². The van der Waals surface area contributed by atoms with E-state index in [0.29, 0.717) is 6.42 Å². The number of rotatable bonds is 9. The number of carbonyl (C=O) groups excluding carboxylic acids is 1. The van der Waals surface area contributed by atoms with E-state index in [2.05, 4.69) is 10.6 Å². The highest BCUT2D eigenvalue weighted by Gasteiger charge is 2.19. The molecule has 2 atom stereocenters. The summed E-state index contributed by atoms with van der Waals surface area (Å²) in [5.74, 6) is -0.523. The zero-order chi connectivity index (χ0) is 13.3. The van der Waals surface area contributed by atoms with E-state index in [9.17, 15) is 9.59 Å². The fraction of sp³-hybridized carbons (Fsp3) is 0.818. The molecule has 0 saturated heterocycles. The molecule has 0 aliphatic rings. The lowest BCUT2D eigenvalue weighted by molar-refractivity contribution is -0.141. The Hall–Kier alpha value is -0.750. The highest BCUT2D eigenvalue weighted by atomic mass is 32.2. The molecule has 1 unspecified atom stereocenters. The number of carboxylic acids is 1. The van der Waals surface area contributed by atoms with Crippen LogP contribution in [0.1, 0.15) is 26.7 Å². The Bertz CT molecular complexity index is 249. The Morgan fingerprint density at radius 3 is 2.53 bits per heavy atom. The van der Waals surface area contributed by atoms with Gasteiger partial charge in [-0.1, -0.05) is 6.92 Å². The number of aliphatic carboxylic acids is 1. The quantitative estimate of drug-likeness (QED) is 0.570. The second kappa shape index (κ2) is 9.30. The largest absolute Gasteiger partial charge is 0.480 e. The first kappa shape index (κ1) is 16.2. The average Bonchev–Trinajstić information content (AvgIpc) is 2.30. The first-order valence-electron chi connectivity index (χ1n) is 5.75. The molecule has 3 N–H and O–H groups in total. The zero-order valence-corrected chi connectivity index (χ0v) is 11.5. The van der Waals surface area contributed by atoms with E-state index in [-0.39, 0.29) is 18.5 Å². The van der Waals surface area contributed by atoms with Gasteiger partial charge in [0.15, 0.2) is 0 Å². The van der Waals surface area contributed by atoms with Crippen LogP contribution in [0.15, 0.2) is 0 Å². The van der Waals surface area contributed by atoms with E-state index in [1.807, 2.05) is 20.1 Å². The molecule has 0 aliphatic heterocycles. The second-order valence-electron chi connectivity index (χ2n) is 3.93. The molecule has 0 radical (unpaired) electrons. The van der Waals surface area contributed by atoms with Gasteiger partial charge >= 0.3 is 5.97 Å². The Morgan fingerprint density at radius 2 is 2.06 bits per heavy atom. The molecule has 6 heteroatoms. The number of carboxylic acid groups (broad SMARTS) is 1. The molecule has 17 heavy (non-hydrogen) atoms. The van der Waals surface area contributed by atoms with Crippen LogP contribution in [0.4, 0.5) is 0 Å². The third-order valence-corrected chi connectivity index (χ3v) is 3.11. The van der Waals surface area contributed by atoms with Gasteiger partial charge in [0.25, 0.3) is 0 Å². The Balaban J connectivity index is 3.99. The third-order valence-electron chi connectivity index (χ3n) is 2.47. The summed E-state index contributed by atoms with van der Waals surface area (Å²) in [6.07, 6.45) is 3.29. The van der Waals surface area contributed by atoms with Crippen LogP contribution in [-0.4, -0.2) is 47.6 Å². The molecule has 0 fully saturated rings. The molecule has 100 valence electrons. The zero-order valence-electron chi connectivity index (χ0n) is 10.7. The number of hydrogen-bond donors (Lipinski definition) is 3. The second-order valence-corrected chi connectivity index (χ2v) is 4.92. The predicted octanol–water partition coefficient (Wildman–Crippen LogP) is 0.697. The lowest BCUT2D eigenvalue weighted by Gasteiger charge is -2.15. The van der Waals surface area contributed by atoms with Crippen molar-refractivity contribution in [2.24, 2.45) is 0 Å². The van der Waals surface area contributed by atoms with E-state index in [0.717, 1.165) is 12.2 Å². The SMILES string of the molecule is CCC(C)NCC(=O)N[C@@H](CCSC)C(=O)O. The summed E-state index contributed by atoms with van der Waals surface area (Å²) in [5.41, 5.74) is 0. The summed E-state index contributed by atoms with van der Waals surface area (Å²) in [7, 11) is 0. The monoisotopic (exact) mass is 262 g/mol. The van der Waals surface area contributed by atoms with Crippen molar-refractivity contribution in [1.82, 2.24) is 10.6 Å². The van der Waals surface area contributed by atoms with Gasteiger partial charge < -0.3 is 15.7 Å². The molecule has 0 aliphatic carbocycles. The van der Waals surface area contributed by atoms with Crippen LogP contribution in [0.5, 0.6) is 0 Å². The molecule has 1 amide bonds. The van der Waals surface area contributed by atoms with E-state index < -0.39 is 12.0 Å². The highest BCUT2D eigenvalue weighted by molar-refractivity contribution is 7.98. The highest BCUT2D eigenvalue weighted by Crippen LogP contribution is 2.00. The molecular formula is C11H22N2O3S. The first-order valence-corrected chi connectivity index (χ1v) is 7.15. The smallest absolute Gasteiger partial charge is 0.326 e. The molecule has 0 aromatic heterocycles. The normalized spacial score (nSPS) is 14.1.